The van der Waals surface area contributed by atoms with Gasteiger partial charge in [0, 0.05) is 12.1 Å². The molecule has 7 nitrogen and oxygen atoms in total. The van der Waals surface area contributed by atoms with Gasteiger partial charge in [-0.2, -0.15) is 0 Å². The van der Waals surface area contributed by atoms with Crippen molar-refractivity contribution in [3.8, 4) is 0 Å². The molecule has 2 aromatic rings. The van der Waals surface area contributed by atoms with E-state index >= 15 is 0 Å². The summed E-state index contributed by atoms with van der Waals surface area (Å²) in [5, 5.41) is 14.2. The summed E-state index contributed by atoms with van der Waals surface area (Å²) < 4.78 is 38.6. The summed E-state index contributed by atoms with van der Waals surface area (Å²) in [7, 11) is -2.55. The zero-order valence-corrected chi connectivity index (χ0v) is 13.8. The smallest absolute Gasteiger partial charge is 0.293 e. The van der Waals surface area contributed by atoms with Crippen molar-refractivity contribution in [3.05, 3.63) is 64.0 Å². The fourth-order valence-electron chi connectivity index (χ4n) is 2.14. The Labute approximate surface area is 138 Å². The van der Waals surface area contributed by atoms with Gasteiger partial charge in [-0.25, -0.2) is 17.5 Å². The average Bonchev–Trinajstić information content (AvgIpc) is 2.55. The van der Waals surface area contributed by atoms with E-state index in [9.17, 15) is 22.9 Å². The first-order chi connectivity index (χ1) is 11.2. The third kappa shape index (κ3) is 3.87. The van der Waals surface area contributed by atoms with Crippen molar-refractivity contribution in [2.75, 3.05) is 12.4 Å². The van der Waals surface area contributed by atoms with Gasteiger partial charge in [-0.05, 0) is 43.8 Å². The number of sulfonamides is 1. The van der Waals surface area contributed by atoms with Gasteiger partial charge in [0.05, 0.1) is 9.82 Å². The Morgan fingerprint density at radius 3 is 2.33 bits per heavy atom. The van der Waals surface area contributed by atoms with Gasteiger partial charge in [-0.15, -0.1) is 0 Å². The summed E-state index contributed by atoms with van der Waals surface area (Å²) >= 11 is 0. The van der Waals surface area contributed by atoms with E-state index in [1.807, 2.05) is 0 Å². The Kier molecular flexibility index (Phi) is 5.15. The summed E-state index contributed by atoms with van der Waals surface area (Å²) in [5.74, 6) is -0.376. The molecule has 0 aromatic heterocycles. The number of halogens is 1. The molecule has 2 rings (SSSR count). The lowest BCUT2D eigenvalue weighted by molar-refractivity contribution is -0.384. The molecular formula is C15H16FN3O4S. The predicted octanol–water partition coefficient (Wildman–Crippen LogP) is 2.82. The fourth-order valence-corrected chi connectivity index (χ4v) is 2.89. The predicted molar refractivity (Wildman–Crippen MR) is 87.8 cm³/mol. The minimum Gasteiger partial charge on any atom is -0.373 e. The van der Waals surface area contributed by atoms with Crippen LogP contribution in [0.15, 0.2) is 47.4 Å². The van der Waals surface area contributed by atoms with Crippen molar-refractivity contribution in [2.45, 2.75) is 17.9 Å². The minimum atomic E-state index is -3.78. The molecule has 0 radical (unpaired) electrons. The number of hydrogen-bond acceptors (Lipinski definition) is 5. The molecule has 1 atom stereocenters. The topological polar surface area (TPSA) is 101 Å². The van der Waals surface area contributed by atoms with Crippen molar-refractivity contribution < 1.29 is 17.7 Å². The Bertz CT molecular complexity index is 854. The van der Waals surface area contributed by atoms with Crippen LogP contribution in [0.25, 0.3) is 0 Å². The van der Waals surface area contributed by atoms with Crippen LogP contribution >= 0.6 is 0 Å². The molecule has 0 aliphatic carbocycles. The summed E-state index contributed by atoms with van der Waals surface area (Å²) in [5.41, 5.74) is 0.546. The highest BCUT2D eigenvalue weighted by atomic mass is 32.2. The van der Waals surface area contributed by atoms with Gasteiger partial charge in [0.25, 0.3) is 5.69 Å². The maximum absolute atomic E-state index is 13.0. The second-order valence-corrected chi connectivity index (χ2v) is 6.95. The van der Waals surface area contributed by atoms with Crippen molar-refractivity contribution in [2.24, 2.45) is 0 Å². The standard InChI is InChI=1S/C15H16FN3O4S/c1-10(11-3-5-12(16)6-4-11)18-14-8-7-13(24(22,23)17-2)9-15(14)19(20)21/h3-10,17-18H,1-2H3/t10-/m1/s1. The van der Waals surface area contributed by atoms with E-state index in [-0.39, 0.29) is 28.1 Å². The number of anilines is 1. The molecule has 0 aliphatic rings. The zero-order chi connectivity index (χ0) is 17.9. The van der Waals surface area contributed by atoms with Crippen LogP contribution in [0.4, 0.5) is 15.8 Å². The van der Waals surface area contributed by atoms with Gasteiger partial charge in [-0.3, -0.25) is 10.1 Å². The number of benzene rings is 2. The van der Waals surface area contributed by atoms with E-state index in [1.165, 1.54) is 31.3 Å². The lowest BCUT2D eigenvalue weighted by Crippen LogP contribution is -2.19. The lowest BCUT2D eigenvalue weighted by Gasteiger charge is -2.16. The Morgan fingerprint density at radius 2 is 1.79 bits per heavy atom. The molecule has 2 aromatic carbocycles. The summed E-state index contributed by atoms with van der Waals surface area (Å²) in [6.07, 6.45) is 0. The van der Waals surface area contributed by atoms with E-state index < -0.39 is 14.9 Å². The zero-order valence-electron chi connectivity index (χ0n) is 13.0. The van der Waals surface area contributed by atoms with Crippen LogP contribution < -0.4 is 10.0 Å². The molecule has 24 heavy (non-hydrogen) atoms. The normalized spacial score (nSPS) is 12.6. The number of hydrogen-bond donors (Lipinski definition) is 2. The molecule has 128 valence electrons. The molecule has 0 bridgehead atoms. The monoisotopic (exact) mass is 353 g/mol. The van der Waals surface area contributed by atoms with Gasteiger partial charge in [0.15, 0.2) is 0 Å². The van der Waals surface area contributed by atoms with Crippen LogP contribution in [0.3, 0.4) is 0 Å². The maximum Gasteiger partial charge on any atom is 0.293 e. The van der Waals surface area contributed by atoms with Crippen LogP contribution in [0.5, 0.6) is 0 Å². The third-order valence-electron chi connectivity index (χ3n) is 3.49. The van der Waals surface area contributed by atoms with E-state index in [1.54, 1.807) is 19.1 Å². The highest BCUT2D eigenvalue weighted by Crippen LogP contribution is 2.30. The van der Waals surface area contributed by atoms with Crippen molar-refractivity contribution in [3.63, 3.8) is 0 Å². The first kappa shape index (κ1) is 17.8. The van der Waals surface area contributed by atoms with Crippen LogP contribution in [-0.4, -0.2) is 20.4 Å². The average molecular weight is 353 g/mol. The van der Waals surface area contributed by atoms with Gasteiger partial charge >= 0.3 is 0 Å². The van der Waals surface area contributed by atoms with Crippen LogP contribution in [0, 0.1) is 15.9 Å². The molecule has 0 aliphatic heterocycles. The molecule has 0 unspecified atom stereocenters. The summed E-state index contributed by atoms with van der Waals surface area (Å²) in [6.45, 7) is 1.76. The molecule has 0 amide bonds. The van der Waals surface area contributed by atoms with Crippen molar-refractivity contribution >= 4 is 21.4 Å². The molecule has 0 spiro atoms. The third-order valence-corrected chi connectivity index (χ3v) is 4.90. The maximum atomic E-state index is 13.0. The molecule has 0 saturated carbocycles. The molecular weight excluding hydrogens is 337 g/mol. The Hall–Kier alpha value is -2.52. The lowest BCUT2D eigenvalue weighted by atomic mass is 10.1. The molecule has 0 saturated heterocycles. The number of nitro benzene ring substituents is 1. The van der Waals surface area contributed by atoms with E-state index in [4.69, 9.17) is 0 Å². The van der Waals surface area contributed by atoms with Gasteiger partial charge in [0.2, 0.25) is 10.0 Å². The quantitative estimate of drug-likeness (QED) is 0.614. The molecule has 2 N–H and O–H groups in total. The highest BCUT2D eigenvalue weighted by molar-refractivity contribution is 7.89. The highest BCUT2D eigenvalue weighted by Gasteiger charge is 2.21. The summed E-state index contributed by atoms with van der Waals surface area (Å²) in [4.78, 5) is 10.4. The number of rotatable bonds is 6. The van der Waals surface area contributed by atoms with E-state index in [2.05, 4.69) is 10.0 Å². The Morgan fingerprint density at radius 1 is 1.17 bits per heavy atom. The van der Waals surface area contributed by atoms with Crippen LogP contribution in [-0.2, 0) is 10.0 Å². The van der Waals surface area contributed by atoms with Gasteiger partial charge < -0.3 is 5.32 Å². The minimum absolute atomic E-state index is 0.173. The largest absolute Gasteiger partial charge is 0.373 e. The van der Waals surface area contributed by atoms with Crippen molar-refractivity contribution in [1.29, 1.82) is 0 Å². The number of nitro groups is 1. The Balaban J connectivity index is 2.36. The van der Waals surface area contributed by atoms with Crippen molar-refractivity contribution in [1.82, 2.24) is 4.72 Å². The summed E-state index contributed by atoms with van der Waals surface area (Å²) in [6, 6.07) is 9.00. The second-order valence-electron chi connectivity index (χ2n) is 5.06. The second kappa shape index (κ2) is 6.93. The fraction of sp³-hybridized carbons (Fsp3) is 0.200. The van der Waals surface area contributed by atoms with Gasteiger partial charge in [0.1, 0.15) is 11.5 Å². The van der Waals surface area contributed by atoms with E-state index in [0.717, 1.165) is 11.6 Å². The molecule has 0 fully saturated rings. The van der Waals surface area contributed by atoms with Gasteiger partial charge in [-0.1, -0.05) is 12.1 Å². The number of nitrogens with one attached hydrogen (secondary N) is 2. The molecule has 0 heterocycles. The number of nitrogens with zero attached hydrogens (tertiary/aromatic N) is 1. The van der Waals surface area contributed by atoms with E-state index in [0.29, 0.717) is 0 Å². The van der Waals surface area contributed by atoms with Crippen LogP contribution in [0.2, 0.25) is 0 Å². The van der Waals surface area contributed by atoms with Crippen LogP contribution in [0.1, 0.15) is 18.5 Å². The molecule has 9 heteroatoms. The first-order valence-electron chi connectivity index (χ1n) is 6.98. The first-order valence-corrected chi connectivity index (χ1v) is 8.47. The SMILES string of the molecule is CNS(=O)(=O)c1ccc(N[C@H](C)c2ccc(F)cc2)c([N+](=O)[O-])c1.